The van der Waals surface area contributed by atoms with Crippen LogP contribution < -0.4 is 16.6 Å². The van der Waals surface area contributed by atoms with Crippen molar-refractivity contribution in [3.63, 3.8) is 0 Å². The molecule has 2 rings (SSSR count). The number of benzene rings is 1. The Bertz CT molecular complexity index is 435. The smallest absolute Gasteiger partial charge is 0.251 e. The summed E-state index contributed by atoms with van der Waals surface area (Å²) in [6.45, 7) is 6.24. The highest BCUT2D eigenvalue weighted by molar-refractivity contribution is 5.94. The highest BCUT2D eigenvalue weighted by Gasteiger charge is 2.19. The molecule has 6 heteroatoms. The molecule has 110 valence electrons. The molecule has 1 saturated heterocycles. The van der Waals surface area contributed by atoms with Gasteiger partial charge in [-0.15, -0.1) is 0 Å². The second kappa shape index (κ2) is 7.23. The van der Waals surface area contributed by atoms with Gasteiger partial charge in [0.1, 0.15) is 0 Å². The van der Waals surface area contributed by atoms with Crippen molar-refractivity contribution in [3.8, 4) is 0 Å². The minimum atomic E-state index is -0.0919. The van der Waals surface area contributed by atoms with Gasteiger partial charge < -0.3 is 15.5 Å². The number of morpholine rings is 1. The third-order valence-corrected chi connectivity index (χ3v) is 3.47. The number of anilines is 1. The van der Waals surface area contributed by atoms with E-state index in [9.17, 15) is 4.79 Å². The van der Waals surface area contributed by atoms with E-state index < -0.39 is 0 Å². The second-order valence-electron chi connectivity index (χ2n) is 4.82. The number of rotatable bonds is 5. The van der Waals surface area contributed by atoms with E-state index in [0.29, 0.717) is 12.1 Å². The fourth-order valence-electron chi connectivity index (χ4n) is 2.22. The van der Waals surface area contributed by atoms with Crippen LogP contribution in [-0.2, 0) is 4.74 Å². The van der Waals surface area contributed by atoms with Gasteiger partial charge in [-0.2, -0.15) is 0 Å². The molecule has 0 aliphatic carbocycles. The summed E-state index contributed by atoms with van der Waals surface area (Å²) in [4.78, 5) is 14.3. The summed E-state index contributed by atoms with van der Waals surface area (Å²) in [5, 5.41) is 2.91. The maximum absolute atomic E-state index is 12.0. The number of ether oxygens (including phenoxy) is 1. The molecule has 20 heavy (non-hydrogen) atoms. The van der Waals surface area contributed by atoms with Crippen molar-refractivity contribution in [2.24, 2.45) is 5.84 Å². The molecular formula is C14H22N4O2. The molecule has 1 amide bonds. The molecule has 6 nitrogen and oxygen atoms in total. The lowest BCUT2D eigenvalue weighted by atomic mass is 10.2. The monoisotopic (exact) mass is 278 g/mol. The van der Waals surface area contributed by atoms with Crippen LogP contribution in [0, 0.1) is 0 Å². The van der Waals surface area contributed by atoms with E-state index in [1.807, 2.05) is 0 Å². The van der Waals surface area contributed by atoms with Gasteiger partial charge in [-0.3, -0.25) is 15.5 Å². The molecule has 1 fully saturated rings. The number of hydrazine groups is 1. The number of nitrogens with one attached hydrogen (secondary N) is 2. The number of likely N-dealkylation sites (N-methyl/N-ethyl adjacent to an activating group) is 1. The molecule has 1 aromatic carbocycles. The average molecular weight is 278 g/mol. The fraction of sp³-hybridized carbons (Fsp3) is 0.500. The summed E-state index contributed by atoms with van der Waals surface area (Å²) < 4.78 is 5.65. The van der Waals surface area contributed by atoms with Crippen LogP contribution >= 0.6 is 0 Å². The van der Waals surface area contributed by atoms with Gasteiger partial charge in [0.25, 0.3) is 5.91 Å². The minimum Gasteiger partial charge on any atom is -0.374 e. The van der Waals surface area contributed by atoms with Gasteiger partial charge in [0.15, 0.2) is 0 Å². The molecule has 1 aromatic rings. The Balaban J connectivity index is 1.82. The topological polar surface area (TPSA) is 79.6 Å². The molecule has 0 aromatic heterocycles. The molecule has 0 spiro atoms. The number of nitrogens with two attached hydrogens (primary N) is 1. The average Bonchev–Trinajstić information content (AvgIpc) is 2.53. The maximum Gasteiger partial charge on any atom is 0.251 e. The maximum atomic E-state index is 12.0. The molecule has 1 heterocycles. The van der Waals surface area contributed by atoms with E-state index >= 15 is 0 Å². The van der Waals surface area contributed by atoms with Crippen molar-refractivity contribution in [1.29, 1.82) is 0 Å². The third-order valence-electron chi connectivity index (χ3n) is 3.47. The van der Waals surface area contributed by atoms with Crippen molar-refractivity contribution >= 4 is 11.6 Å². The number of amides is 1. The Hall–Kier alpha value is -1.63. The summed E-state index contributed by atoms with van der Waals surface area (Å²) in [6, 6.07) is 7.02. The van der Waals surface area contributed by atoms with Gasteiger partial charge in [-0.1, -0.05) is 6.92 Å². The molecule has 1 aliphatic rings. The van der Waals surface area contributed by atoms with Crippen molar-refractivity contribution in [1.82, 2.24) is 10.2 Å². The van der Waals surface area contributed by atoms with E-state index in [4.69, 9.17) is 10.6 Å². The SMILES string of the molecule is CCN1CCOC(CNC(=O)c2ccc(NN)cc2)C1. The quantitative estimate of drug-likeness (QED) is 0.537. The molecular weight excluding hydrogens is 256 g/mol. The molecule has 0 bridgehead atoms. The molecule has 1 atom stereocenters. The van der Waals surface area contributed by atoms with E-state index in [0.717, 1.165) is 31.9 Å². The van der Waals surface area contributed by atoms with E-state index in [1.165, 1.54) is 0 Å². The number of hydrogen-bond donors (Lipinski definition) is 3. The summed E-state index contributed by atoms with van der Waals surface area (Å²) in [5.41, 5.74) is 3.92. The van der Waals surface area contributed by atoms with Crippen molar-refractivity contribution in [3.05, 3.63) is 29.8 Å². The van der Waals surface area contributed by atoms with Gasteiger partial charge >= 0.3 is 0 Å². The zero-order valence-electron chi connectivity index (χ0n) is 11.8. The molecule has 1 aliphatic heterocycles. The Morgan fingerprint density at radius 1 is 1.45 bits per heavy atom. The largest absolute Gasteiger partial charge is 0.374 e. The number of hydrogen-bond acceptors (Lipinski definition) is 5. The lowest BCUT2D eigenvalue weighted by Gasteiger charge is -2.32. The Morgan fingerprint density at radius 2 is 2.20 bits per heavy atom. The van der Waals surface area contributed by atoms with Gasteiger partial charge in [-0.05, 0) is 30.8 Å². The molecule has 4 N–H and O–H groups in total. The summed E-state index contributed by atoms with van der Waals surface area (Å²) in [6.07, 6.45) is 0.0673. The first kappa shape index (κ1) is 14.8. The Labute approximate surface area is 119 Å². The number of carbonyl (C=O) groups excluding carboxylic acids is 1. The van der Waals surface area contributed by atoms with Crippen LogP contribution in [0.3, 0.4) is 0 Å². The van der Waals surface area contributed by atoms with Crippen molar-refractivity contribution in [2.45, 2.75) is 13.0 Å². The van der Waals surface area contributed by atoms with Crippen LogP contribution in [0.5, 0.6) is 0 Å². The van der Waals surface area contributed by atoms with Crippen LogP contribution in [0.2, 0.25) is 0 Å². The molecule has 0 radical (unpaired) electrons. The minimum absolute atomic E-state index is 0.0673. The van der Waals surface area contributed by atoms with E-state index in [1.54, 1.807) is 24.3 Å². The van der Waals surface area contributed by atoms with Crippen LogP contribution in [0.25, 0.3) is 0 Å². The highest BCUT2D eigenvalue weighted by Crippen LogP contribution is 2.08. The second-order valence-corrected chi connectivity index (χ2v) is 4.82. The number of carbonyl (C=O) groups is 1. The predicted octanol–water partition coefficient (Wildman–Crippen LogP) is 0.423. The van der Waals surface area contributed by atoms with E-state index in [2.05, 4.69) is 22.6 Å². The fourth-order valence-corrected chi connectivity index (χ4v) is 2.22. The van der Waals surface area contributed by atoms with Gasteiger partial charge in [-0.25, -0.2) is 0 Å². The Kier molecular flexibility index (Phi) is 5.34. The lowest BCUT2D eigenvalue weighted by Crippen LogP contribution is -2.47. The van der Waals surface area contributed by atoms with Crippen molar-refractivity contribution in [2.75, 3.05) is 38.2 Å². The van der Waals surface area contributed by atoms with Crippen LogP contribution in [0.15, 0.2) is 24.3 Å². The first-order valence-electron chi connectivity index (χ1n) is 6.91. The summed E-state index contributed by atoms with van der Waals surface area (Å²) >= 11 is 0. The summed E-state index contributed by atoms with van der Waals surface area (Å²) in [7, 11) is 0. The zero-order chi connectivity index (χ0) is 14.4. The molecule has 0 saturated carbocycles. The van der Waals surface area contributed by atoms with Crippen molar-refractivity contribution < 1.29 is 9.53 Å². The first-order chi connectivity index (χ1) is 9.72. The van der Waals surface area contributed by atoms with Crippen LogP contribution in [-0.4, -0.2) is 49.7 Å². The Morgan fingerprint density at radius 3 is 2.85 bits per heavy atom. The third kappa shape index (κ3) is 3.93. The summed E-state index contributed by atoms with van der Waals surface area (Å²) in [5.74, 6) is 5.19. The van der Waals surface area contributed by atoms with E-state index in [-0.39, 0.29) is 12.0 Å². The molecule has 1 unspecified atom stereocenters. The van der Waals surface area contributed by atoms with Gasteiger partial charge in [0, 0.05) is 30.9 Å². The van der Waals surface area contributed by atoms with Crippen LogP contribution in [0.4, 0.5) is 5.69 Å². The standard InChI is InChI=1S/C14H22N4O2/c1-2-18-7-8-20-13(10-18)9-16-14(19)11-3-5-12(17-15)6-4-11/h3-6,13,17H,2,7-10,15H2,1H3,(H,16,19). The lowest BCUT2D eigenvalue weighted by molar-refractivity contribution is -0.0246. The predicted molar refractivity (Wildman–Crippen MR) is 78.4 cm³/mol. The highest BCUT2D eigenvalue weighted by atomic mass is 16.5. The van der Waals surface area contributed by atoms with Gasteiger partial charge in [0.05, 0.1) is 12.7 Å². The first-order valence-corrected chi connectivity index (χ1v) is 6.91. The normalized spacial score (nSPS) is 19.6. The van der Waals surface area contributed by atoms with Gasteiger partial charge in [0.2, 0.25) is 0 Å². The van der Waals surface area contributed by atoms with Crippen LogP contribution in [0.1, 0.15) is 17.3 Å². The number of nitrogens with zero attached hydrogens (tertiary/aromatic N) is 1. The number of nitrogen functional groups attached to an aromatic ring is 1. The zero-order valence-corrected chi connectivity index (χ0v) is 11.8.